The van der Waals surface area contributed by atoms with Crippen molar-refractivity contribution in [3.05, 3.63) is 16.1 Å². The predicted molar refractivity (Wildman–Crippen MR) is 88.8 cm³/mol. The molecule has 124 valence electrons. The zero-order valence-corrected chi connectivity index (χ0v) is 14.5. The number of thiazole rings is 1. The lowest BCUT2D eigenvalue weighted by Gasteiger charge is -2.29. The molecule has 1 aliphatic carbocycles. The number of rotatable bonds is 4. The van der Waals surface area contributed by atoms with E-state index in [1.165, 1.54) is 5.01 Å². The molecule has 1 aromatic rings. The third-order valence-electron chi connectivity index (χ3n) is 3.81. The van der Waals surface area contributed by atoms with Gasteiger partial charge in [0.2, 0.25) is 0 Å². The first-order chi connectivity index (χ1) is 10.4. The lowest BCUT2D eigenvalue weighted by molar-refractivity contribution is 0.0598. The highest BCUT2D eigenvalue weighted by molar-refractivity contribution is 7.11. The van der Waals surface area contributed by atoms with Crippen LogP contribution in [0.2, 0.25) is 0 Å². The Morgan fingerprint density at radius 1 is 1.41 bits per heavy atom. The smallest absolute Gasteiger partial charge is 0.407 e. The summed E-state index contributed by atoms with van der Waals surface area (Å²) >= 11 is 1.71. The fourth-order valence-electron chi connectivity index (χ4n) is 2.72. The van der Waals surface area contributed by atoms with Crippen molar-refractivity contribution in [2.45, 2.75) is 71.1 Å². The minimum atomic E-state index is -0.302. The van der Waals surface area contributed by atoms with Crippen LogP contribution >= 0.6 is 11.3 Å². The summed E-state index contributed by atoms with van der Waals surface area (Å²) < 4.78 is 5.51. The summed E-state index contributed by atoms with van der Waals surface area (Å²) in [6, 6.07) is 0. The monoisotopic (exact) mass is 325 g/mol. The van der Waals surface area contributed by atoms with E-state index in [1.807, 2.05) is 27.0 Å². The average molecular weight is 325 g/mol. The molecule has 0 aliphatic heterocycles. The van der Waals surface area contributed by atoms with E-state index in [0.717, 1.165) is 37.0 Å². The van der Waals surface area contributed by atoms with Crippen molar-refractivity contribution in [2.75, 3.05) is 0 Å². The molecule has 2 rings (SSSR count). The van der Waals surface area contributed by atoms with Gasteiger partial charge in [0.25, 0.3) is 0 Å². The van der Waals surface area contributed by atoms with E-state index in [4.69, 9.17) is 10.5 Å². The number of aromatic nitrogens is 1. The molecule has 1 aliphatic rings. The molecule has 5 nitrogen and oxygen atoms in total. The molecule has 6 heteroatoms. The number of hydrogen-bond donors (Lipinski definition) is 2. The molecule has 1 aromatic heterocycles. The predicted octanol–water partition coefficient (Wildman–Crippen LogP) is 3.23. The van der Waals surface area contributed by atoms with E-state index in [0.29, 0.717) is 12.5 Å². The Labute approximate surface area is 136 Å². The lowest BCUT2D eigenvalue weighted by atomic mass is 9.85. The van der Waals surface area contributed by atoms with Gasteiger partial charge in [0.1, 0.15) is 6.10 Å². The molecule has 1 fully saturated rings. The van der Waals surface area contributed by atoms with Crippen LogP contribution in [-0.2, 0) is 17.7 Å². The highest BCUT2D eigenvalue weighted by Crippen LogP contribution is 2.30. The molecule has 0 aromatic carbocycles. The van der Waals surface area contributed by atoms with E-state index in [1.54, 1.807) is 11.3 Å². The van der Waals surface area contributed by atoms with Gasteiger partial charge in [-0.3, -0.25) is 0 Å². The highest BCUT2D eigenvalue weighted by atomic mass is 32.1. The van der Waals surface area contributed by atoms with E-state index in [9.17, 15) is 4.79 Å². The first kappa shape index (κ1) is 17.2. The maximum absolute atomic E-state index is 11.8. The number of nitrogens with one attached hydrogen (secondary N) is 1. The van der Waals surface area contributed by atoms with Gasteiger partial charge in [-0.05, 0) is 52.4 Å². The van der Waals surface area contributed by atoms with Gasteiger partial charge in [-0.1, -0.05) is 0 Å². The van der Waals surface area contributed by atoms with E-state index >= 15 is 0 Å². The van der Waals surface area contributed by atoms with Crippen molar-refractivity contribution in [3.8, 4) is 0 Å². The third kappa shape index (κ3) is 5.57. The molecule has 0 unspecified atom stereocenters. The molecule has 0 radical (unpaired) electrons. The lowest BCUT2D eigenvalue weighted by Crippen LogP contribution is -2.42. The van der Waals surface area contributed by atoms with Crippen molar-refractivity contribution in [1.82, 2.24) is 10.3 Å². The average Bonchev–Trinajstić information content (AvgIpc) is 2.86. The zero-order chi connectivity index (χ0) is 16.2. The van der Waals surface area contributed by atoms with Crippen molar-refractivity contribution in [3.63, 3.8) is 0 Å². The Morgan fingerprint density at radius 2 is 2.09 bits per heavy atom. The molecular formula is C16H27N3O2S. The van der Waals surface area contributed by atoms with E-state index in [2.05, 4.69) is 10.3 Å². The van der Waals surface area contributed by atoms with Gasteiger partial charge in [0.15, 0.2) is 0 Å². The van der Waals surface area contributed by atoms with Gasteiger partial charge >= 0.3 is 6.09 Å². The molecule has 1 amide bonds. The fraction of sp³-hybridized carbons (Fsp3) is 0.750. The summed E-state index contributed by atoms with van der Waals surface area (Å²) in [5, 5.41) is 4.02. The third-order valence-corrected chi connectivity index (χ3v) is 4.85. The summed E-state index contributed by atoms with van der Waals surface area (Å²) in [6.07, 6.45) is 6.71. The Kier molecular flexibility index (Phi) is 5.81. The molecule has 0 spiro atoms. The van der Waals surface area contributed by atoms with Crippen LogP contribution in [-0.4, -0.2) is 22.7 Å². The quantitative estimate of drug-likeness (QED) is 0.891. The van der Waals surface area contributed by atoms with Crippen LogP contribution in [0.5, 0.6) is 0 Å². The summed E-state index contributed by atoms with van der Waals surface area (Å²) in [6.45, 7) is 6.43. The van der Waals surface area contributed by atoms with Crippen molar-refractivity contribution >= 4 is 17.4 Å². The normalized spacial score (nSPS) is 22.4. The molecule has 0 saturated heterocycles. The number of alkyl carbamates (subject to hydrolysis) is 1. The highest BCUT2D eigenvalue weighted by Gasteiger charge is 2.26. The second-order valence-corrected chi connectivity index (χ2v) is 8.25. The Bertz CT molecular complexity index is 488. The first-order valence-electron chi connectivity index (χ1n) is 7.98. The topological polar surface area (TPSA) is 77.2 Å². The van der Waals surface area contributed by atoms with E-state index in [-0.39, 0.29) is 17.7 Å². The number of carbonyl (C=O) groups excluding carboxylic acids is 1. The van der Waals surface area contributed by atoms with E-state index < -0.39 is 0 Å². The van der Waals surface area contributed by atoms with Crippen LogP contribution in [0.4, 0.5) is 4.79 Å². The molecule has 1 saturated carbocycles. The standard InChI is InChI=1S/C16H27N3O2S/c1-16(2,3)19-15(20)21-12-6-4-11(5-7-12)8-14-18-10-13(9-17)22-14/h10-12H,4-9,17H2,1-3H3,(H,19,20). The summed E-state index contributed by atoms with van der Waals surface area (Å²) in [7, 11) is 0. The summed E-state index contributed by atoms with van der Waals surface area (Å²) in [4.78, 5) is 17.4. The van der Waals surface area contributed by atoms with Gasteiger partial charge < -0.3 is 15.8 Å². The van der Waals surface area contributed by atoms with Crippen LogP contribution in [0.15, 0.2) is 6.20 Å². The Morgan fingerprint density at radius 3 is 2.64 bits per heavy atom. The maximum Gasteiger partial charge on any atom is 0.407 e. The fourth-order valence-corrected chi connectivity index (χ4v) is 3.64. The first-order valence-corrected chi connectivity index (χ1v) is 8.80. The maximum atomic E-state index is 11.8. The van der Waals surface area contributed by atoms with Gasteiger partial charge in [-0.15, -0.1) is 11.3 Å². The summed E-state index contributed by atoms with van der Waals surface area (Å²) in [5.74, 6) is 0.641. The SMILES string of the molecule is CC(C)(C)NC(=O)OC1CCC(Cc2ncc(CN)s2)CC1. The summed E-state index contributed by atoms with van der Waals surface area (Å²) in [5.41, 5.74) is 5.37. The minimum absolute atomic E-state index is 0.0505. The number of nitrogens with zero attached hydrogens (tertiary/aromatic N) is 1. The second kappa shape index (κ2) is 7.42. The molecule has 1 heterocycles. The van der Waals surface area contributed by atoms with Gasteiger partial charge in [-0.2, -0.15) is 0 Å². The van der Waals surface area contributed by atoms with Crippen molar-refractivity contribution < 1.29 is 9.53 Å². The van der Waals surface area contributed by atoms with Gasteiger partial charge in [-0.25, -0.2) is 9.78 Å². The largest absolute Gasteiger partial charge is 0.446 e. The number of carbonyl (C=O) groups is 1. The number of nitrogens with two attached hydrogens (primary N) is 1. The van der Waals surface area contributed by atoms with Crippen molar-refractivity contribution in [1.29, 1.82) is 0 Å². The van der Waals surface area contributed by atoms with Crippen LogP contribution < -0.4 is 11.1 Å². The van der Waals surface area contributed by atoms with Crippen molar-refractivity contribution in [2.24, 2.45) is 11.7 Å². The number of ether oxygens (including phenoxy) is 1. The molecule has 3 N–H and O–H groups in total. The molecule has 0 atom stereocenters. The number of amides is 1. The number of hydrogen-bond acceptors (Lipinski definition) is 5. The Hall–Kier alpha value is -1.14. The zero-order valence-electron chi connectivity index (χ0n) is 13.7. The minimum Gasteiger partial charge on any atom is -0.446 e. The Balaban J connectivity index is 1.72. The van der Waals surface area contributed by atoms with Gasteiger partial charge in [0, 0.05) is 29.6 Å². The second-order valence-electron chi connectivity index (χ2n) is 7.05. The molecule has 22 heavy (non-hydrogen) atoms. The van der Waals surface area contributed by atoms with Gasteiger partial charge in [0.05, 0.1) is 5.01 Å². The van der Waals surface area contributed by atoms with Crippen LogP contribution in [0.1, 0.15) is 56.3 Å². The van der Waals surface area contributed by atoms with Crippen LogP contribution in [0.25, 0.3) is 0 Å². The molecular weight excluding hydrogens is 298 g/mol. The molecule has 0 bridgehead atoms. The van der Waals surface area contributed by atoms with Crippen LogP contribution in [0.3, 0.4) is 0 Å². The van der Waals surface area contributed by atoms with Crippen LogP contribution in [0, 0.1) is 5.92 Å².